The number of sulfone groups is 1. The second-order valence-corrected chi connectivity index (χ2v) is 13.1. The Bertz CT molecular complexity index is 1330. The first kappa shape index (κ1) is 24.6. The lowest BCUT2D eigenvalue weighted by molar-refractivity contribution is 0.102. The van der Waals surface area contributed by atoms with Crippen LogP contribution in [0.4, 0.5) is 11.5 Å². The van der Waals surface area contributed by atoms with E-state index >= 15 is 0 Å². The van der Waals surface area contributed by atoms with Gasteiger partial charge in [-0.25, -0.2) is 18.4 Å². The van der Waals surface area contributed by atoms with Gasteiger partial charge in [0.15, 0.2) is 21.3 Å². The van der Waals surface area contributed by atoms with Crippen LogP contribution in [0.1, 0.15) is 23.0 Å². The number of aromatic nitrogens is 2. The lowest BCUT2D eigenvalue weighted by Crippen LogP contribution is -2.19. The average Bonchev–Trinajstić information content (AvgIpc) is 2.79. The Morgan fingerprint density at radius 1 is 1.12 bits per heavy atom. The maximum absolute atomic E-state index is 12.8. The maximum atomic E-state index is 12.8. The van der Waals surface area contributed by atoms with Crippen LogP contribution in [0.15, 0.2) is 59.6 Å². The van der Waals surface area contributed by atoms with Crippen molar-refractivity contribution in [2.24, 2.45) is 0 Å². The van der Waals surface area contributed by atoms with Crippen LogP contribution >= 0.6 is 7.37 Å². The van der Waals surface area contributed by atoms with Crippen LogP contribution in [0.3, 0.4) is 0 Å². The number of carbonyl (C=O) groups excluding carboxylic acids is 1. The summed E-state index contributed by atoms with van der Waals surface area (Å²) in [5.74, 6) is -0.620. The molecule has 33 heavy (non-hydrogen) atoms. The van der Waals surface area contributed by atoms with Crippen molar-refractivity contribution in [3.8, 4) is 11.3 Å². The summed E-state index contributed by atoms with van der Waals surface area (Å²) in [4.78, 5) is 19.9. The number of hydrogen-bond acceptors (Lipinski definition) is 8. The van der Waals surface area contributed by atoms with Gasteiger partial charge in [-0.15, -0.1) is 0 Å². The molecule has 0 aliphatic carbocycles. The zero-order valence-electron chi connectivity index (χ0n) is 18.6. The number of nitrogen functional groups attached to an aromatic ring is 1. The molecule has 0 fully saturated rings. The highest BCUT2D eigenvalue weighted by Crippen LogP contribution is 2.50. The van der Waals surface area contributed by atoms with Gasteiger partial charge in [0.1, 0.15) is 4.99 Å². The zero-order valence-corrected chi connectivity index (χ0v) is 20.4. The van der Waals surface area contributed by atoms with E-state index in [0.29, 0.717) is 11.4 Å². The molecule has 11 heteroatoms. The van der Waals surface area contributed by atoms with Gasteiger partial charge in [-0.1, -0.05) is 29.8 Å². The van der Waals surface area contributed by atoms with Crippen LogP contribution < -0.4 is 11.1 Å². The van der Waals surface area contributed by atoms with E-state index < -0.39 is 28.1 Å². The van der Waals surface area contributed by atoms with Crippen LogP contribution in [-0.2, 0) is 18.9 Å². The summed E-state index contributed by atoms with van der Waals surface area (Å²) in [5, 5.41) is 2.64. The van der Waals surface area contributed by atoms with E-state index in [1.54, 1.807) is 0 Å². The molecule has 0 bridgehead atoms. The molecule has 2 aromatic carbocycles. The summed E-state index contributed by atoms with van der Waals surface area (Å²) < 4.78 is 42.8. The standard InChI is InChI=1S/C22H25N4O5PS/c1-14-5-7-16(8-6-14)19-13-24-21(23)20(26-19)22(27)25-17-9-11-18(12-10-17)33(29,30)15(2)32(4,28)31-3/h5-13,15H,1-4H3,(H2,23,24)(H,25,27). The Kier molecular flexibility index (Phi) is 7.02. The van der Waals surface area contributed by atoms with Gasteiger partial charge in [0.25, 0.3) is 5.91 Å². The Morgan fingerprint density at radius 2 is 1.73 bits per heavy atom. The van der Waals surface area contributed by atoms with Crippen molar-refractivity contribution in [2.75, 3.05) is 24.8 Å². The third kappa shape index (κ3) is 5.30. The highest BCUT2D eigenvalue weighted by molar-refractivity contribution is 7.99. The van der Waals surface area contributed by atoms with Crippen molar-refractivity contribution in [3.05, 3.63) is 66.0 Å². The Morgan fingerprint density at radius 3 is 2.30 bits per heavy atom. The SMILES string of the molecule is COP(C)(=O)C(C)S(=O)(=O)c1ccc(NC(=O)c2nc(-c3ccc(C)cc3)cnc2N)cc1. The van der Waals surface area contributed by atoms with Crippen LogP contribution in [0, 0.1) is 6.92 Å². The normalized spacial score (nSPS) is 14.3. The molecule has 0 spiro atoms. The largest absolute Gasteiger partial charge is 0.382 e. The molecule has 0 saturated carbocycles. The van der Waals surface area contributed by atoms with E-state index in [1.165, 1.54) is 51.2 Å². The molecule has 2 atom stereocenters. The van der Waals surface area contributed by atoms with E-state index in [9.17, 15) is 17.8 Å². The first-order valence-electron chi connectivity index (χ1n) is 9.93. The summed E-state index contributed by atoms with van der Waals surface area (Å²) in [6.07, 6.45) is 1.49. The minimum Gasteiger partial charge on any atom is -0.382 e. The third-order valence-electron chi connectivity index (χ3n) is 5.28. The molecule has 0 radical (unpaired) electrons. The first-order valence-corrected chi connectivity index (χ1v) is 13.6. The lowest BCUT2D eigenvalue weighted by Gasteiger charge is -2.19. The maximum Gasteiger partial charge on any atom is 0.278 e. The number of rotatable bonds is 7. The van der Waals surface area contributed by atoms with Crippen molar-refractivity contribution >= 4 is 34.6 Å². The van der Waals surface area contributed by atoms with Gasteiger partial charge in [0, 0.05) is 25.0 Å². The zero-order chi connectivity index (χ0) is 24.4. The highest BCUT2D eigenvalue weighted by atomic mass is 32.2. The quantitative estimate of drug-likeness (QED) is 0.476. The summed E-state index contributed by atoms with van der Waals surface area (Å²) in [6.45, 7) is 4.59. The lowest BCUT2D eigenvalue weighted by atomic mass is 10.1. The summed E-state index contributed by atoms with van der Waals surface area (Å²) in [6, 6.07) is 13.1. The summed E-state index contributed by atoms with van der Waals surface area (Å²) in [7, 11) is -6.03. The number of nitrogens with zero attached hydrogens (tertiary/aromatic N) is 2. The molecule has 1 amide bonds. The third-order valence-corrected chi connectivity index (χ3v) is 11.1. The molecule has 174 valence electrons. The van der Waals surface area contributed by atoms with E-state index in [4.69, 9.17) is 10.3 Å². The number of amides is 1. The number of carbonyl (C=O) groups is 1. The van der Waals surface area contributed by atoms with E-state index in [-0.39, 0.29) is 16.4 Å². The molecule has 0 aliphatic heterocycles. The number of nitrogens with one attached hydrogen (secondary N) is 1. The van der Waals surface area contributed by atoms with E-state index in [1.807, 2.05) is 31.2 Å². The van der Waals surface area contributed by atoms with E-state index in [2.05, 4.69) is 15.3 Å². The average molecular weight is 489 g/mol. The van der Waals surface area contributed by atoms with Gasteiger partial charge in [-0.2, -0.15) is 0 Å². The molecule has 3 aromatic rings. The van der Waals surface area contributed by atoms with Gasteiger partial charge < -0.3 is 15.6 Å². The van der Waals surface area contributed by atoms with Gasteiger partial charge >= 0.3 is 0 Å². The van der Waals surface area contributed by atoms with Crippen LogP contribution in [0.25, 0.3) is 11.3 Å². The van der Waals surface area contributed by atoms with Crippen LogP contribution in [0.2, 0.25) is 0 Å². The number of hydrogen-bond donors (Lipinski definition) is 2. The topological polar surface area (TPSA) is 141 Å². The molecular weight excluding hydrogens is 463 g/mol. The minimum absolute atomic E-state index is 0.0327. The second-order valence-electron chi connectivity index (χ2n) is 7.57. The Labute approximate surface area is 192 Å². The first-order chi connectivity index (χ1) is 15.5. The summed E-state index contributed by atoms with van der Waals surface area (Å²) >= 11 is 0. The number of aryl methyl sites for hydroxylation is 1. The molecular formula is C22H25N4O5PS. The fourth-order valence-corrected chi connectivity index (χ4v) is 6.79. The molecule has 9 nitrogen and oxygen atoms in total. The molecule has 0 aliphatic rings. The Hall–Kier alpha value is -3.07. The number of anilines is 2. The molecule has 2 unspecified atom stereocenters. The number of benzene rings is 2. The molecule has 3 N–H and O–H groups in total. The molecule has 1 aromatic heterocycles. The fraction of sp³-hybridized carbons (Fsp3) is 0.227. The van der Waals surface area contributed by atoms with Gasteiger partial charge in [0.2, 0.25) is 7.37 Å². The summed E-state index contributed by atoms with van der Waals surface area (Å²) in [5.41, 5.74) is 8.51. The van der Waals surface area contributed by atoms with Gasteiger partial charge in [-0.05, 0) is 38.1 Å². The molecule has 1 heterocycles. The number of nitrogens with two attached hydrogens (primary N) is 1. The van der Waals surface area contributed by atoms with Gasteiger partial charge in [-0.3, -0.25) is 9.36 Å². The van der Waals surface area contributed by atoms with Crippen molar-refractivity contribution in [1.29, 1.82) is 0 Å². The highest BCUT2D eigenvalue weighted by Gasteiger charge is 2.36. The minimum atomic E-state index is -3.90. The van der Waals surface area contributed by atoms with Crippen molar-refractivity contribution < 1.29 is 22.3 Å². The van der Waals surface area contributed by atoms with Crippen molar-refractivity contribution in [2.45, 2.75) is 23.7 Å². The predicted octanol–water partition coefficient (Wildman–Crippen LogP) is 3.96. The Balaban J connectivity index is 1.82. The monoisotopic (exact) mass is 488 g/mol. The van der Waals surface area contributed by atoms with Crippen LogP contribution in [0.5, 0.6) is 0 Å². The van der Waals surface area contributed by atoms with Crippen molar-refractivity contribution in [1.82, 2.24) is 9.97 Å². The predicted molar refractivity (Wildman–Crippen MR) is 128 cm³/mol. The van der Waals surface area contributed by atoms with E-state index in [0.717, 1.165) is 11.1 Å². The fourth-order valence-electron chi connectivity index (χ4n) is 2.94. The second kappa shape index (κ2) is 9.43. The molecule has 3 rings (SSSR count). The van der Waals surface area contributed by atoms with Crippen LogP contribution in [-0.4, -0.2) is 43.1 Å². The van der Waals surface area contributed by atoms with Gasteiger partial charge in [0.05, 0.1) is 16.8 Å². The molecule has 0 saturated heterocycles. The smallest absolute Gasteiger partial charge is 0.278 e. The van der Waals surface area contributed by atoms with Crippen molar-refractivity contribution in [3.63, 3.8) is 0 Å².